The second-order valence-electron chi connectivity index (χ2n) is 5.79. The van der Waals surface area contributed by atoms with Crippen molar-refractivity contribution in [3.63, 3.8) is 0 Å². The molecule has 2 N–H and O–H groups in total. The van der Waals surface area contributed by atoms with E-state index in [1.165, 1.54) is 5.56 Å². The molecule has 0 aliphatic carbocycles. The molecule has 0 unspecified atom stereocenters. The van der Waals surface area contributed by atoms with Gasteiger partial charge in [0.1, 0.15) is 0 Å². The fraction of sp³-hybridized carbons (Fsp3) is 0.278. The van der Waals surface area contributed by atoms with Crippen molar-refractivity contribution in [2.45, 2.75) is 18.4 Å². The number of rotatable bonds is 3. The Labute approximate surface area is 147 Å². The van der Waals surface area contributed by atoms with Crippen molar-refractivity contribution in [2.24, 2.45) is 5.73 Å². The molecule has 1 aliphatic rings. The summed E-state index contributed by atoms with van der Waals surface area (Å²) in [7, 11) is 0. The van der Waals surface area contributed by atoms with E-state index in [0.717, 1.165) is 5.56 Å². The Morgan fingerprint density at radius 2 is 1.87 bits per heavy atom. The van der Waals surface area contributed by atoms with Crippen LogP contribution >= 0.6 is 24.0 Å². The summed E-state index contributed by atoms with van der Waals surface area (Å²) in [5.41, 5.74) is 8.38. The average molecular weight is 351 g/mol. The molecule has 0 spiro atoms. The van der Waals surface area contributed by atoms with Crippen LogP contribution in [0.25, 0.3) is 0 Å². The molecule has 122 valence electrons. The van der Waals surface area contributed by atoms with Gasteiger partial charge in [-0.2, -0.15) is 0 Å². The monoisotopic (exact) mass is 350 g/mol. The van der Waals surface area contributed by atoms with E-state index in [-0.39, 0.29) is 30.3 Å². The molecule has 1 fully saturated rings. The molecular formula is C18H20Cl2N2O. The van der Waals surface area contributed by atoms with Crippen LogP contribution in [0.15, 0.2) is 54.6 Å². The summed E-state index contributed by atoms with van der Waals surface area (Å²) < 4.78 is 0. The maximum absolute atomic E-state index is 12.5. The number of nitrogens with zero attached hydrogens (tertiary/aromatic N) is 1. The molecule has 1 heterocycles. The molecule has 1 saturated heterocycles. The lowest BCUT2D eigenvalue weighted by molar-refractivity contribution is -0.129. The molecule has 1 amide bonds. The Bertz CT molecular complexity index is 663. The Kier molecular flexibility index (Phi) is 6.05. The third-order valence-electron chi connectivity index (χ3n) is 4.19. The number of hydrogen-bond donors (Lipinski definition) is 1. The Morgan fingerprint density at radius 3 is 2.57 bits per heavy atom. The highest BCUT2D eigenvalue weighted by Crippen LogP contribution is 2.26. The first-order valence-corrected chi connectivity index (χ1v) is 7.84. The van der Waals surface area contributed by atoms with Crippen LogP contribution in [0, 0.1) is 0 Å². The number of amides is 1. The molecule has 0 saturated carbocycles. The molecule has 5 heteroatoms. The lowest BCUT2D eigenvalue weighted by Crippen LogP contribution is -2.33. The van der Waals surface area contributed by atoms with Gasteiger partial charge in [0.05, 0.1) is 6.42 Å². The normalized spacial score (nSPS) is 20.2. The molecule has 0 aromatic heterocycles. The van der Waals surface area contributed by atoms with E-state index >= 15 is 0 Å². The number of likely N-dealkylation sites (tertiary alicyclic amines) is 1. The van der Waals surface area contributed by atoms with Gasteiger partial charge in [-0.1, -0.05) is 54.1 Å². The number of halogens is 2. The zero-order valence-electron chi connectivity index (χ0n) is 12.7. The zero-order valence-corrected chi connectivity index (χ0v) is 14.3. The topological polar surface area (TPSA) is 46.3 Å². The summed E-state index contributed by atoms with van der Waals surface area (Å²) in [6.07, 6.45) is 0.370. The van der Waals surface area contributed by atoms with E-state index in [2.05, 4.69) is 12.1 Å². The molecule has 2 aromatic rings. The van der Waals surface area contributed by atoms with Crippen molar-refractivity contribution in [3.05, 3.63) is 70.7 Å². The van der Waals surface area contributed by atoms with Crippen LogP contribution in [0.2, 0.25) is 5.02 Å². The number of carbonyl (C=O) groups excluding carboxylic acids is 1. The van der Waals surface area contributed by atoms with Crippen molar-refractivity contribution < 1.29 is 4.79 Å². The van der Waals surface area contributed by atoms with Gasteiger partial charge in [-0.05, 0) is 23.3 Å². The summed E-state index contributed by atoms with van der Waals surface area (Å²) in [5.74, 6) is 0.320. The first kappa shape index (κ1) is 17.8. The maximum Gasteiger partial charge on any atom is 0.227 e. The van der Waals surface area contributed by atoms with Gasteiger partial charge in [0, 0.05) is 30.1 Å². The summed E-state index contributed by atoms with van der Waals surface area (Å²) in [5, 5.41) is 0.658. The lowest BCUT2D eigenvalue weighted by atomic mass is 9.95. The van der Waals surface area contributed by atoms with Gasteiger partial charge in [-0.25, -0.2) is 0 Å². The van der Waals surface area contributed by atoms with Crippen LogP contribution in [0.3, 0.4) is 0 Å². The quantitative estimate of drug-likeness (QED) is 0.923. The molecule has 3 nitrogen and oxygen atoms in total. The Morgan fingerprint density at radius 1 is 1.13 bits per heavy atom. The van der Waals surface area contributed by atoms with Gasteiger partial charge in [0.15, 0.2) is 0 Å². The minimum Gasteiger partial charge on any atom is -0.340 e. The van der Waals surface area contributed by atoms with Gasteiger partial charge >= 0.3 is 0 Å². The van der Waals surface area contributed by atoms with Crippen LogP contribution in [-0.2, 0) is 11.2 Å². The van der Waals surface area contributed by atoms with Crippen LogP contribution in [0.1, 0.15) is 17.0 Å². The summed E-state index contributed by atoms with van der Waals surface area (Å²) in [6.45, 7) is 1.30. The van der Waals surface area contributed by atoms with Gasteiger partial charge in [0.2, 0.25) is 5.91 Å². The summed E-state index contributed by atoms with van der Waals surface area (Å²) in [4.78, 5) is 14.3. The van der Waals surface area contributed by atoms with E-state index < -0.39 is 0 Å². The second kappa shape index (κ2) is 7.82. The van der Waals surface area contributed by atoms with Gasteiger partial charge in [-0.3, -0.25) is 4.79 Å². The highest BCUT2D eigenvalue weighted by molar-refractivity contribution is 6.30. The Balaban J connectivity index is 0.00000192. The number of nitrogens with two attached hydrogens (primary N) is 1. The van der Waals surface area contributed by atoms with Crippen LogP contribution < -0.4 is 5.73 Å². The van der Waals surface area contributed by atoms with Crippen molar-refractivity contribution in [1.29, 1.82) is 0 Å². The predicted molar refractivity (Wildman–Crippen MR) is 96.1 cm³/mol. The number of benzene rings is 2. The van der Waals surface area contributed by atoms with Crippen molar-refractivity contribution >= 4 is 29.9 Å². The van der Waals surface area contributed by atoms with Crippen LogP contribution in [-0.4, -0.2) is 29.9 Å². The fourth-order valence-electron chi connectivity index (χ4n) is 3.02. The minimum atomic E-state index is -0.00860. The molecule has 0 radical (unpaired) electrons. The lowest BCUT2D eigenvalue weighted by Gasteiger charge is -2.16. The average Bonchev–Trinajstić information content (AvgIpc) is 2.90. The van der Waals surface area contributed by atoms with E-state index in [4.69, 9.17) is 17.3 Å². The third-order valence-corrected chi connectivity index (χ3v) is 4.43. The molecule has 2 atom stereocenters. The molecule has 0 bridgehead atoms. The van der Waals surface area contributed by atoms with E-state index in [9.17, 15) is 4.79 Å². The smallest absolute Gasteiger partial charge is 0.227 e. The number of hydrogen-bond acceptors (Lipinski definition) is 2. The van der Waals surface area contributed by atoms with Crippen LogP contribution in [0.5, 0.6) is 0 Å². The van der Waals surface area contributed by atoms with Gasteiger partial charge in [-0.15, -0.1) is 12.4 Å². The summed E-state index contributed by atoms with van der Waals surface area (Å²) in [6, 6.07) is 17.6. The Hall–Kier alpha value is -1.55. The van der Waals surface area contributed by atoms with E-state index in [1.54, 1.807) is 0 Å². The molecule has 3 rings (SSSR count). The zero-order chi connectivity index (χ0) is 15.5. The largest absolute Gasteiger partial charge is 0.340 e. The van der Waals surface area contributed by atoms with Crippen LogP contribution in [0.4, 0.5) is 0 Å². The second-order valence-corrected chi connectivity index (χ2v) is 6.22. The first-order chi connectivity index (χ1) is 10.6. The predicted octanol–water partition coefficient (Wildman–Crippen LogP) is 3.26. The minimum absolute atomic E-state index is 0. The molecule has 1 aliphatic heterocycles. The van der Waals surface area contributed by atoms with Crippen molar-refractivity contribution in [2.75, 3.05) is 13.1 Å². The third kappa shape index (κ3) is 4.25. The van der Waals surface area contributed by atoms with E-state index in [0.29, 0.717) is 24.5 Å². The fourth-order valence-corrected chi connectivity index (χ4v) is 3.23. The standard InChI is InChI=1S/C18H19ClN2O.ClH/c19-15-8-4-5-13(9-15)10-18(22)21-11-16(17(20)12-21)14-6-2-1-3-7-14;/h1-9,16-17H,10-12,20H2;1H/t16-,17+;/m0./s1. The number of carbonyl (C=O) groups is 1. The highest BCUT2D eigenvalue weighted by atomic mass is 35.5. The maximum atomic E-state index is 12.5. The molecular weight excluding hydrogens is 331 g/mol. The highest BCUT2D eigenvalue weighted by Gasteiger charge is 2.33. The van der Waals surface area contributed by atoms with E-state index in [1.807, 2.05) is 47.4 Å². The first-order valence-electron chi connectivity index (χ1n) is 7.46. The SMILES string of the molecule is Cl.N[C@@H]1CN(C(=O)Cc2cccc(Cl)c2)C[C@H]1c1ccccc1. The van der Waals surface area contributed by atoms with Gasteiger partial charge in [0.25, 0.3) is 0 Å². The van der Waals surface area contributed by atoms with Crippen molar-refractivity contribution in [1.82, 2.24) is 4.90 Å². The summed E-state index contributed by atoms with van der Waals surface area (Å²) >= 11 is 5.97. The van der Waals surface area contributed by atoms with Gasteiger partial charge < -0.3 is 10.6 Å². The molecule has 23 heavy (non-hydrogen) atoms. The molecule has 2 aromatic carbocycles. The van der Waals surface area contributed by atoms with Crippen molar-refractivity contribution in [3.8, 4) is 0 Å².